The van der Waals surface area contributed by atoms with Crippen LogP contribution in [-0.4, -0.2) is 50.8 Å². The Morgan fingerprint density at radius 3 is 2.59 bits per heavy atom. The van der Waals surface area contributed by atoms with Crippen LogP contribution in [-0.2, 0) is 4.74 Å². The first-order valence-corrected chi connectivity index (χ1v) is 12.2. The van der Waals surface area contributed by atoms with Gasteiger partial charge in [0, 0.05) is 18.7 Å². The molecule has 0 unspecified atom stereocenters. The zero-order chi connectivity index (χ0) is 26.5. The molecule has 5 N–H and O–H groups in total. The molecule has 0 aliphatic heterocycles. The van der Waals surface area contributed by atoms with Crippen LogP contribution in [0.1, 0.15) is 48.4 Å². The number of hydrogen-bond donors (Lipinski definition) is 4. The maximum absolute atomic E-state index is 13.0. The summed E-state index contributed by atoms with van der Waals surface area (Å²) in [7, 11) is 0. The number of aromatic nitrogens is 4. The lowest BCUT2D eigenvalue weighted by Gasteiger charge is -2.12. The van der Waals surface area contributed by atoms with Crippen LogP contribution in [0.2, 0.25) is 0 Å². The summed E-state index contributed by atoms with van der Waals surface area (Å²) in [6.45, 7) is 8.56. The fourth-order valence-corrected chi connectivity index (χ4v) is 3.93. The summed E-state index contributed by atoms with van der Waals surface area (Å²) in [5, 5.41) is 17.4. The number of unbranched alkanes of at least 4 members (excludes halogenated alkanes) is 1. The van der Waals surface area contributed by atoms with Crippen molar-refractivity contribution in [3.63, 3.8) is 0 Å². The van der Waals surface area contributed by atoms with Gasteiger partial charge in [-0.1, -0.05) is 6.07 Å². The molecule has 4 aromatic rings. The lowest BCUT2D eigenvalue weighted by Crippen LogP contribution is -2.27. The second kappa shape index (κ2) is 11.1. The number of nitrogens with one attached hydrogen (secondary N) is 3. The lowest BCUT2D eigenvalue weighted by molar-refractivity contribution is 0.102. The molecule has 4 rings (SSSR count). The molecule has 0 aliphatic rings. The summed E-state index contributed by atoms with van der Waals surface area (Å²) in [5.74, 6) is 1.00. The third kappa shape index (κ3) is 6.05. The van der Waals surface area contributed by atoms with E-state index in [0.717, 1.165) is 23.9 Å². The molecule has 0 aliphatic carbocycles. The number of rotatable bonds is 9. The molecule has 194 valence electrons. The van der Waals surface area contributed by atoms with Gasteiger partial charge in [0.1, 0.15) is 5.82 Å². The van der Waals surface area contributed by atoms with Crippen molar-refractivity contribution in [2.75, 3.05) is 29.5 Å². The highest BCUT2D eigenvalue weighted by Crippen LogP contribution is 2.24. The zero-order valence-corrected chi connectivity index (χ0v) is 21.5. The number of nitrogens with two attached hydrogens (primary N) is 1. The van der Waals surface area contributed by atoms with E-state index in [2.05, 4.69) is 26.1 Å². The van der Waals surface area contributed by atoms with Crippen molar-refractivity contribution in [1.29, 1.82) is 0 Å². The Bertz CT molecular complexity index is 1450. The molecule has 0 atom stereocenters. The summed E-state index contributed by atoms with van der Waals surface area (Å²) < 4.78 is 6.97. The Balaban J connectivity index is 1.48. The SMILES string of the molecule is Cc1ccc(NC(=O)c2ccc3c(c2)nc(NCCCCNC(=O)OC(C)C)c2nnc(C)n23)c(N)c1. The van der Waals surface area contributed by atoms with Gasteiger partial charge in [0.05, 0.1) is 28.5 Å². The van der Waals surface area contributed by atoms with Gasteiger partial charge in [-0.05, 0) is 76.4 Å². The highest BCUT2D eigenvalue weighted by atomic mass is 16.6. The van der Waals surface area contributed by atoms with E-state index in [9.17, 15) is 9.59 Å². The van der Waals surface area contributed by atoms with Crippen molar-refractivity contribution in [2.24, 2.45) is 0 Å². The van der Waals surface area contributed by atoms with Gasteiger partial charge >= 0.3 is 6.09 Å². The van der Waals surface area contributed by atoms with Crippen molar-refractivity contribution in [3.8, 4) is 0 Å². The lowest BCUT2D eigenvalue weighted by atomic mass is 10.1. The van der Waals surface area contributed by atoms with Crippen LogP contribution in [0.25, 0.3) is 16.7 Å². The topological polar surface area (TPSA) is 149 Å². The number of nitrogen functional groups attached to an aromatic ring is 1. The molecule has 11 heteroatoms. The summed E-state index contributed by atoms with van der Waals surface area (Å²) in [4.78, 5) is 29.3. The number of anilines is 3. The van der Waals surface area contributed by atoms with Gasteiger partial charge in [0.2, 0.25) is 5.65 Å². The van der Waals surface area contributed by atoms with Gasteiger partial charge in [0.15, 0.2) is 5.82 Å². The second-order valence-electron chi connectivity index (χ2n) is 9.13. The monoisotopic (exact) mass is 504 g/mol. The Morgan fingerprint density at radius 2 is 1.84 bits per heavy atom. The maximum Gasteiger partial charge on any atom is 0.407 e. The fourth-order valence-electron chi connectivity index (χ4n) is 3.93. The first-order valence-electron chi connectivity index (χ1n) is 12.2. The predicted octanol–water partition coefficient (Wildman–Crippen LogP) is 4.06. The molecule has 37 heavy (non-hydrogen) atoms. The van der Waals surface area contributed by atoms with Crippen molar-refractivity contribution < 1.29 is 14.3 Å². The Labute approximate surface area is 214 Å². The molecule has 11 nitrogen and oxygen atoms in total. The standard InChI is InChI=1S/C26H32N8O3/c1-15(2)37-26(36)29-12-6-5-11-28-23-24-33-32-17(4)34(24)22-10-8-18(14-21(22)30-23)25(35)31-20-9-7-16(3)13-19(20)27/h7-10,13-15H,5-6,11-12,27H2,1-4H3,(H,28,30)(H,29,36)(H,31,35). The number of fused-ring (bicyclic) bond motifs is 3. The number of aryl methyl sites for hydroxylation is 2. The van der Waals surface area contributed by atoms with E-state index in [1.165, 1.54) is 0 Å². The number of alkyl carbamates (subject to hydrolysis) is 1. The molecular formula is C26H32N8O3. The summed E-state index contributed by atoms with van der Waals surface area (Å²) in [6, 6.07) is 10.8. The number of benzene rings is 2. The van der Waals surface area contributed by atoms with Crippen LogP contribution in [0.4, 0.5) is 22.0 Å². The Kier molecular flexibility index (Phi) is 7.71. The van der Waals surface area contributed by atoms with E-state index in [0.29, 0.717) is 52.8 Å². The van der Waals surface area contributed by atoms with E-state index in [4.69, 9.17) is 15.5 Å². The number of nitrogens with zero attached hydrogens (tertiary/aromatic N) is 4. The van der Waals surface area contributed by atoms with E-state index in [-0.39, 0.29) is 12.0 Å². The van der Waals surface area contributed by atoms with E-state index >= 15 is 0 Å². The smallest absolute Gasteiger partial charge is 0.407 e. The number of carbonyl (C=O) groups excluding carboxylic acids is 2. The molecule has 0 spiro atoms. The minimum atomic E-state index is -0.412. The van der Waals surface area contributed by atoms with Crippen LogP contribution in [0.15, 0.2) is 36.4 Å². The minimum absolute atomic E-state index is 0.151. The van der Waals surface area contributed by atoms with Crippen LogP contribution in [0, 0.1) is 13.8 Å². The van der Waals surface area contributed by atoms with Gasteiger partial charge in [0.25, 0.3) is 5.91 Å². The predicted molar refractivity (Wildman–Crippen MR) is 144 cm³/mol. The summed E-state index contributed by atoms with van der Waals surface area (Å²) >= 11 is 0. The maximum atomic E-state index is 13.0. The second-order valence-corrected chi connectivity index (χ2v) is 9.13. The zero-order valence-electron chi connectivity index (χ0n) is 21.5. The van der Waals surface area contributed by atoms with Gasteiger partial charge in [-0.2, -0.15) is 0 Å². The average Bonchev–Trinajstić information content (AvgIpc) is 3.24. The summed E-state index contributed by atoms with van der Waals surface area (Å²) in [5.41, 5.74) is 10.6. The fraction of sp³-hybridized carbons (Fsp3) is 0.346. The molecule has 0 saturated carbocycles. The van der Waals surface area contributed by atoms with Gasteiger partial charge in [-0.25, -0.2) is 9.78 Å². The number of hydrogen-bond acceptors (Lipinski definition) is 8. The van der Waals surface area contributed by atoms with Crippen molar-refractivity contribution in [1.82, 2.24) is 24.9 Å². The third-order valence-corrected chi connectivity index (χ3v) is 5.71. The largest absolute Gasteiger partial charge is 0.447 e. The molecule has 0 bridgehead atoms. The number of amides is 2. The van der Waals surface area contributed by atoms with Crippen molar-refractivity contribution in [3.05, 3.63) is 53.3 Å². The van der Waals surface area contributed by atoms with Crippen LogP contribution < -0.4 is 21.7 Å². The molecular weight excluding hydrogens is 472 g/mol. The van der Waals surface area contributed by atoms with E-state index in [1.807, 2.05) is 50.3 Å². The normalized spacial score (nSPS) is 11.2. The quantitative estimate of drug-likeness (QED) is 0.197. The van der Waals surface area contributed by atoms with Crippen molar-refractivity contribution in [2.45, 2.75) is 46.6 Å². The number of ether oxygens (including phenoxy) is 1. The van der Waals surface area contributed by atoms with Gasteiger partial charge in [-0.3, -0.25) is 9.20 Å². The molecule has 0 fully saturated rings. The number of carbonyl (C=O) groups is 2. The van der Waals surface area contributed by atoms with Crippen molar-refractivity contribution >= 4 is 45.9 Å². The molecule has 2 aromatic carbocycles. The van der Waals surface area contributed by atoms with Crippen LogP contribution in [0.3, 0.4) is 0 Å². The van der Waals surface area contributed by atoms with Gasteiger partial charge in [-0.15, -0.1) is 10.2 Å². The third-order valence-electron chi connectivity index (χ3n) is 5.71. The first-order chi connectivity index (χ1) is 17.7. The first kappa shape index (κ1) is 25.7. The van der Waals surface area contributed by atoms with Crippen LogP contribution >= 0.6 is 0 Å². The van der Waals surface area contributed by atoms with Crippen LogP contribution in [0.5, 0.6) is 0 Å². The highest BCUT2D eigenvalue weighted by Gasteiger charge is 2.16. The Hall–Kier alpha value is -4.41. The van der Waals surface area contributed by atoms with E-state index in [1.54, 1.807) is 18.2 Å². The van der Waals surface area contributed by atoms with Gasteiger partial charge < -0.3 is 26.4 Å². The molecule has 2 heterocycles. The summed E-state index contributed by atoms with van der Waals surface area (Å²) in [6.07, 6.45) is 0.996. The molecule has 2 aromatic heterocycles. The molecule has 0 saturated heterocycles. The molecule has 2 amide bonds. The molecule has 0 radical (unpaired) electrons. The average molecular weight is 505 g/mol. The minimum Gasteiger partial charge on any atom is -0.447 e. The highest BCUT2D eigenvalue weighted by molar-refractivity contribution is 6.07. The Morgan fingerprint density at radius 1 is 1.05 bits per heavy atom. The van der Waals surface area contributed by atoms with E-state index < -0.39 is 6.09 Å².